The highest BCUT2D eigenvalue weighted by atomic mass is 16.4. The summed E-state index contributed by atoms with van der Waals surface area (Å²) in [5.41, 5.74) is 6.81. The van der Waals surface area contributed by atoms with Crippen LogP contribution < -0.4 is 5.73 Å². The molecule has 0 fully saturated rings. The van der Waals surface area contributed by atoms with Crippen LogP contribution in [0, 0.1) is 0 Å². The summed E-state index contributed by atoms with van der Waals surface area (Å²) in [6, 6.07) is 10.6. The highest BCUT2D eigenvalue weighted by Crippen LogP contribution is 2.10. The van der Waals surface area contributed by atoms with E-state index >= 15 is 0 Å². The summed E-state index contributed by atoms with van der Waals surface area (Å²) in [4.78, 5) is 2.30. The first-order valence-electron chi connectivity index (χ1n) is 5.91. The van der Waals surface area contributed by atoms with Crippen LogP contribution in [0.25, 0.3) is 0 Å². The molecular formula is C13H21N3O. The maximum absolute atomic E-state index is 8.57. The van der Waals surface area contributed by atoms with Crippen molar-refractivity contribution in [3.05, 3.63) is 35.9 Å². The largest absolute Gasteiger partial charge is 0.409 e. The van der Waals surface area contributed by atoms with Crippen molar-refractivity contribution in [3.63, 3.8) is 0 Å². The van der Waals surface area contributed by atoms with Gasteiger partial charge in [-0.2, -0.15) is 0 Å². The van der Waals surface area contributed by atoms with Gasteiger partial charge in [0.2, 0.25) is 0 Å². The Morgan fingerprint density at radius 1 is 1.41 bits per heavy atom. The zero-order valence-electron chi connectivity index (χ0n) is 10.5. The number of hydrogen-bond donors (Lipinski definition) is 2. The summed E-state index contributed by atoms with van der Waals surface area (Å²) < 4.78 is 0. The molecular weight excluding hydrogens is 214 g/mol. The van der Waals surface area contributed by atoms with Gasteiger partial charge < -0.3 is 10.9 Å². The molecule has 0 aliphatic rings. The lowest BCUT2D eigenvalue weighted by molar-refractivity contribution is 0.213. The molecule has 1 aromatic carbocycles. The van der Waals surface area contributed by atoms with Gasteiger partial charge in [0.1, 0.15) is 5.84 Å². The van der Waals surface area contributed by atoms with E-state index in [0.717, 1.165) is 13.1 Å². The summed E-state index contributed by atoms with van der Waals surface area (Å²) in [5.74, 6) is 0.281. The minimum atomic E-state index is 0.260. The molecule has 0 aliphatic carbocycles. The van der Waals surface area contributed by atoms with Crippen LogP contribution in [0.3, 0.4) is 0 Å². The lowest BCUT2D eigenvalue weighted by atomic mass is 10.1. The van der Waals surface area contributed by atoms with Crippen molar-refractivity contribution in [3.8, 4) is 0 Å². The minimum absolute atomic E-state index is 0.260. The highest BCUT2D eigenvalue weighted by Gasteiger charge is 2.13. The second-order valence-electron chi connectivity index (χ2n) is 4.19. The molecule has 0 saturated carbocycles. The fourth-order valence-corrected chi connectivity index (χ4v) is 1.87. The van der Waals surface area contributed by atoms with Crippen molar-refractivity contribution in [2.45, 2.75) is 32.9 Å². The average molecular weight is 235 g/mol. The van der Waals surface area contributed by atoms with Crippen LogP contribution in [0.15, 0.2) is 35.5 Å². The third-order valence-corrected chi connectivity index (χ3v) is 2.89. The number of amidine groups is 1. The Morgan fingerprint density at radius 2 is 2.06 bits per heavy atom. The molecule has 1 rings (SSSR count). The molecule has 0 amide bonds. The van der Waals surface area contributed by atoms with Gasteiger partial charge in [-0.05, 0) is 19.0 Å². The second kappa shape index (κ2) is 6.91. The van der Waals surface area contributed by atoms with E-state index in [1.165, 1.54) is 5.56 Å². The van der Waals surface area contributed by atoms with Crippen molar-refractivity contribution in [2.24, 2.45) is 10.9 Å². The summed E-state index contributed by atoms with van der Waals surface area (Å²) in [6.07, 6.45) is 0.581. The molecule has 0 radical (unpaired) electrons. The number of nitrogens with two attached hydrogens (primary N) is 1. The molecule has 94 valence electrons. The van der Waals surface area contributed by atoms with Crippen molar-refractivity contribution in [1.29, 1.82) is 0 Å². The monoisotopic (exact) mass is 235 g/mol. The average Bonchev–Trinajstić information content (AvgIpc) is 2.36. The predicted octanol–water partition coefficient (Wildman–Crippen LogP) is 2.03. The fourth-order valence-electron chi connectivity index (χ4n) is 1.87. The molecule has 0 heterocycles. The molecule has 1 unspecified atom stereocenters. The summed E-state index contributed by atoms with van der Waals surface area (Å²) >= 11 is 0. The molecule has 0 aromatic heterocycles. The Kier molecular flexibility index (Phi) is 5.49. The Hall–Kier alpha value is -1.55. The van der Waals surface area contributed by atoms with Crippen LogP contribution >= 0.6 is 0 Å². The number of rotatable bonds is 6. The first-order chi connectivity index (χ1) is 8.17. The molecule has 17 heavy (non-hydrogen) atoms. The van der Waals surface area contributed by atoms with Crippen LogP contribution in [0.4, 0.5) is 0 Å². The van der Waals surface area contributed by atoms with Gasteiger partial charge in [-0.1, -0.05) is 42.4 Å². The van der Waals surface area contributed by atoms with Crippen LogP contribution in [0.1, 0.15) is 25.8 Å². The van der Waals surface area contributed by atoms with Gasteiger partial charge in [0, 0.05) is 19.0 Å². The van der Waals surface area contributed by atoms with Gasteiger partial charge in [0.25, 0.3) is 0 Å². The van der Waals surface area contributed by atoms with E-state index < -0.39 is 0 Å². The lowest BCUT2D eigenvalue weighted by Gasteiger charge is -2.27. The zero-order chi connectivity index (χ0) is 12.7. The summed E-state index contributed by atoms with van der Waals surface area (Å²) in [5, 5.41) is 11.6. The smallest absolute Gasteiger partial charge is 0.140 e. The van der Waals surface area contributed by atoms with Gasteiger partial charge in [0.15, 0.2) is 0 Å². The third kappa shape index (κ3) is 4.44. The Balaban J connectivity index is 2.59. The maximum atomic E-state index is 8.57. The van der Waals surface area contributed by atoms with Crippen molar-refractivity contribution in [1.82, 2.24) is 4.90 Å². The molecule has 4 nitrogen and oxygen atoms in total. The van der Waals surface area contributed by atoms with E-state index in [9.17, 15) is 0 Å². The van der Waals surface area contributed by atoms with Crippen molar-refractivity contribution < 1.29 is 5.21 Å². The third-order valence-electron chi connectivity index (χ3n) is 2.89. The van der Waals surface area contributed by atoms with Crippen LogP contribution in [0.2, 0.25) is 0 Å². The van der Waals surface area contributed by atoms with Gasteiger partial charge in [-0.25, -0.2) is 0 Å². The number of hydrogen-bond acceptors (Lipinski definition) is 3. The topological polar surface area (TPSA) is 61.8 Å². The molecule has 1 atom stereocenters. The van der Waals surface area contributed by atoms with Gasteiger partial charge in [-0.3, -0.25) is 4.90 Å². The first kappa shape index (κ1) is 13.5. The highest BCUT2D eigenvalue weighted by molar-refractivity contribution is 5.80. The molecule has 0 spiro atoms. The Labute approximate surface area is 103 Å². The Morgan fingerprint density at radius 3 is 2.59 bits per heavy atom. The maximum Gasteiger partial charge on any atom is 0.140 e. The molecule has 3 N–H and O–H groups in total. The van der Waals surface area contributed by atoms with Crippen LogP contribution in [-0.4, -0.2) is 28.5 Å². The zero-order valence-corrected chi connectivity index (χ0v) is 10.5. The fraction of sp³-hybridized carbons (Fsp3) is 0.462. The molecule has 1 aromatic rings. The summed E-state index contributed by atoms with van der Waals surface area (Å²) in [6.45, 7) is 6.03. The minimum Gasteiger partial charge on any atom is -0.409 e. The lowest BCUT2D eigenvalue weighted by Crippen LogP contribution is -2.35. The molecule has 0 bridgehead atoms. The van der Waals surface area contributed by atoms with E-state index in [4.69, 9.17) is 10.9 Å². The van der Waals surface area contributed by atoms with Gasteiger partial charge in [0.05, 0.1) is 0 Å². The second-order valence-corrected chi connectivity index (χ2v) is 4.19. The van der Waals surface area contributed by atoms with E-state index in [1.807, 2.05) is 18.2 Å². The number of nitrogens with zero attached hydrogens (tertiary/aromatic N) is 2. The van der Waals surface area contributed by atoms with Gasteiger partial charge in [-0.15, -0.1) is 0 Å². The van der Waals surface area contributed by atoms with Crippen molar-refractivity contribution >= 4 is 5.84 Å². The van der Waals surface area contributed by atoms with E-state index in [2.05, 4.69) is 36.0 Å². The normalized spacial score (nSPS) is 13.9. The predicted molar refractivity (Wildman–Crippen MR) is 70.0 cm³/mol. The van der Waals surface area contributed by atoms with Crippen molar-refractivity contribution in [2.75, 3.05) is 6.54 Å². The molecule has 4 heteroatoms. The first-order valence-corrected chi connectivity index (χ1v) is 5.91. The van der Waals surface area contributed by atoms with E-state index in [0.29, 0.717) is 6.42 Å². The van der Waals surface area contributed by atoms with Crippen LogP contribution in [0.5, 0.6) is 0 Å². The molecule has 0 saturated heterocycles. The standard InChI is InChI=1S/C13H21N3O/c1-3-16(11(2)9-13(14)15-17)10-12-7-5-4-6-8-12/h4-8,11,17H,3,9-10H2,1-2H3,(H2,14,15). The Bertz CT molecular complexity index is 351. The quantitative estimate of drug-likeness (QED) is 0.343. The van der Waals surface area contributed by atoms with E-state index in [1.54, 1.807) is 0 Å². The SMILES string of the molecule is CCN(Cc1ccccc1)C(C)CC(N)=NO. The molecule has 0 aliphatic heterocycles. The van der Waals surface area contributed by atoms with Gasteiger partial charge >= 0.3 is 0 Å². The van der Waals surface area contributed by atoms with Crippen LogP contribution in [-0.2, 0) is 6.54 Å². The number of benzene rings is 1. The van der Waals surface area contributed by atoms with E-state index in [-0.39, 0.29) is 11.9 Å². The summed E-state index contributed by atoms with van der Waals surface area (Å²) in [7, 11) is 0. The number of oxime groups is 1.